The number of imidazole rings is 1. The van der Waals surface area contributed by atoms with Crippen LogP contribution in [0.4, 0.5) is 0 Å². The van der Waals surface area contributed by atoms with Crippen molar-refractivity contribution >= 4 is 11.0 Å². The van der Waals surface area contributed by atoms with Gasteiger partial charge in [-0.3, -0.25) is 4.57 Å². The minimum atomic E-state index is 0.0476. The maximum absolute atomic E-state index is 9.32. The molecule has 120 valence electrons. The molecule has 0 aliphatic carbocycles. The first kappa shape index (κ1) is 15.7. The van der Waals surface area contributed by atoms with Gasteiger partial charge in [0, 0.05) is 5.69 Å². The van der Waals surface area contributed by atoms with Crippen LogP contribution in [0.2, 0.25) is 0 Å². The Bertz CT molecular complexity index is 775. The molecule has 0 aliphatic rings. The van der Waals surface area contributed by atoms with E-state index in [1.807, 2.05) is 24.5 Å². The first-order valence-corrected chi connectivity index (χ1v) is 7.98. The Kier molecular flexibility index (Phi) is 4.74. The molecule has 1 heterocycles. The van der Waals surface area contributed by atoms with Crippen molar-refractivity contribution in [2.24, 2.45) is 0 Å². The second-order valence-electron chi connectivity index (χ2n) is 6.17. The number of aliphatic hydroxyl groups excluding tert-OH is 1. The number of hydrogen-bond acceptors (Lipinski definition) is 3. The van der Waals surface area contributed by atoms with Crippen LogP contribution in [0.25, 0.3) is 16.7 Å². The molecule has 0 fully saturated rings. The summed E-state index contributed by atoms with van der Waals surface area (Å²) in [5, 5.41) is 9.32. The topological polar surface area (TPSA) is 41.3 Å². The largest absolute Gasteiger partial charge is 0.392 e. The normalized spacial score (nSPS) is 11.5. The summed E-state index contributed by atoms with van der Waals surface area (Å²) in [7, 11) is 4.21. The molecule has 3 rings (SSSR count). The molecule has 1 aromatic heterocycles. The number of rotatable bonds is 6. The van der Waals surface area contributed by atoms with Gasteiger partial charge in [-0.2, -0.15) is 0 Å². The molecule has 0 unspecified atom stereocenters. The van der Waals surface area contributed by atoms with Crippen molar-refractivity contribution in [1.29, 1.82) is 0 Å². The summed E-state index contributed by atoms with van der Waals surface area (Å²) in [5.74, 6) is 0. The molecule has 4 nitrogen and oxygen atoms in total. The fourth-order valence-corrected chi connectivity index (χ4v) is 2.78. The molecule has 4 heteroatoms. The SMILES string of the molecule is CN(C)CCCc1ccc(-n2cnc3ccc(CO)cc32)cc1. The monoisotopic (exact) mass is 309 g/mol. The van der Waals surface area contributed by atoms with E-state index >= 15 is 0 Å². The van der Waals surface area contributed by atoms with Gasteiger partial charge in [0.25, 0.3) is 0 Å². The maximum Gasteiger partial charge on any atom is 0.100 e. The molecule has 0 radical (unpaired) electrons. The number of aryl methyl sites for hydroxylation is 1. The first-order chi connectivity index (χ1) is 11.2. The van der Waals surface area contributed by atoms with Gasteiger partial charge < -0.3 is 10.0 Å². The highest BCUT2D eigenvalue weighted by atomic mass is 16.3. The van der Waals surface area contributed by atoms with Crippen molar-refractivity contribution in [2.45, 2.75) is 19.4 Å². The van der Waals surface area contributed by atoms with E-state index in [1.165, 1.54) is 12.0 Å². The molecule has 0 bridgehead atoms. The van der Waals surface area contributed by atoms with Crippen LogP contribution in [0.3, 0.4) is 0 Å². The Hall–Kier alpha value is -2.17. The van der Waals surface area contributed by atoms with Crippen molar-refractivity contribution in [1.82, 2.24) is 14.5 Å². The number of hydrogen-bond donors (Lipinski definition) is 1. The van der Waals surface area contributed by atoms with Gasteiger partial charge in [0.15, 0.2) is 0 Å². The standard InChI is InChI=1S/C19H23N3O/c1-21(2)11-3-4-15-5-8-17(9-6-15)22-14-20-18-10-7-16(13-23)12-19(18)22/h5-10,12,14,23H,3-4,11,13H2,1-2H3. The second-order valence-corrected chi connectivity index (χ2v) is 6.17. The molecular formula is C19H23N3O. The number of benzene rings is 2. The molecule has 2 aromatic carbocycles. The predicted octanol–water partition coefficient (Wildman–Crippen LogP) is 3.01. The minimum Gasteiger partial charge on any atom is -0.392 e. The summed E-state index contributed by atoms with van der Waals surface area (Å²) in [5.41, 5.74) is 5.32. The van der Waals surface area contributed by atoms with Crippen LogP contribution < -0.4 is 0 Å². The van der Waals surface area contributed by atoms with E-state index < -0.39 is 0 Å². The fourth-order valence-electron chi connectivity index (χ4n) is 2.78. The molecule has 0 saturated heterocycles. The molecule has 23 heavy (non-hydrogen) atoms. The molecule has 0 atom stereocenters. The number of aromatic nitrogens is 2. The van der Waals surface area contributed by atoms with Crippen LogP contribution >= 0.6 is 0 Å². The summed E-state index contributed by atoms with van der Waals surface area (Å²) in [6, 6.07) is 14.5. The van der Waals surface area contributed by atoms with Gasteiger partial charge in [-0.25, -0.2) is 4.98 Å². The average Bonchev–Trinajstić information content (AvgIpc) is 2.98. The first-order valence-electron chi connectivity index (χ1n) is 7.98. The van der Waals surface area contributed by atoms with E-state index in [0.29, 0.717) is 0 Å². The number of nitrogens with zero attached hydrogens (tertiary/aromatic N) is 3. The van der Waals surface area contributed by atoms with E-state index in [0.717, 1.165) is 35.2 Å². The van der Waals surface area contributed by atoms with E-state index in [9.17, 15) is 5.11 Å². The van der Waals surface area contributed by atoms with Crippen molar-refractivity contribution in [3.63, 3.8) is 0 Å². The summed E-state index contributed by atoms with van der Waals surface area (Å²) < 4.78 is 2.07. The molecule has 0 spiro atoms. The lowest BCUT2D eigenvalue weighted by atomic mass is 10.1. The zero-order valence-corrected chi connectivity index (χ0v) is 13.7. The van der Waals surface area contributed by atoms with Crippen LogP contribution in [0.5, 0.6) is 0 Å². The Labute approximate surface area is 137 Å². The summed E-state index contributed by atoms with van der Waals surface area (Å²) in [6.07, 6.45) is 4.10. The van der Waals surface area contributed by atoms with Gasteiger partial charge in [0.1, 0.15) is 6.33 Å². The lowest BCUT2D eigenvalue weighted by molar-refractivity contribution is 0.282. The quantitative estimate of drug-likeness (QED) is 0.761. The van der Waals surface area contributed by atoms with Crippen LogP contribution in [0.1, 0.15) is 17.5 Å². The third kappa shape index (κ3) is 3.60. The van der Waals surface area contributed by atoms with E-state index in [4.69, 9.17) is 0 Å². The van der Waals surface area contributed by atoms with Gasteiger partial charge >= 0.3 is 0 Å². The predicted molar refractivity (Wildman–Crippen MR) is 93.9 cm³/mol. The van der Waals surface area contributed by atoms with Crippen LogP contribution in [-0.4, -0.2) is 40.2 Å². The smallest absolute Gasteiger partial charge is 0.100 e. The van der Waals surface area contributed by atoms with Crippen LogP contribution in [0.15, 0.2) is 48.8 Å². The van der Waals surface area contributed by atoms with Crippen molar-refractivity contribution in [3.05, 3.63) is 59.9 Å². The lowest BCUT2D eigenvalue weighted by Crippen LogP contribution is -2.13. The molecular weight excluding hydrogens is 286 g/mol. The van der Waals surface area contributed by atoms with Gasteiger partial charge in [-0.15, -0.1) is 0 Å². The Balaban J connectivity index is 1.82. The molecule has 0 saturated carbocycles. The third-order valence-electron chi connectivity index (χ3n) is 4.08. The molecule has 1 N–H and O–H groups in total. The highest BCUT2D eigenvalue weighted by molar-refractivity contribution is 5.78. The van der Waals surface area contributed by atoms with Gasteiger partial charge in [-0.1, -0.05) is 18.2 Å². The Morgan fingerprint density at radius 2 is 1.78 bits per heavy atom. The van der Waals surface area contributed by atoms with Crippen LogP contribution in [-0.2, 0) is 13.0 Å². The summed E-state index contributed by atoms with van der Waals surface area (Å²) in [6.45, 7) is 1.16. The Morgan fingerprint density at radius 3 is 2.48 bits per heavy atom. The number of fused-ring (bicyclic) bond motifs is 1. The average molecular weight is 309 g/mol. The van der Waals surface area contributed by atoms with Gasteiger partial charge in [-0.05, 0) is 68.9 Å². The third-order valence-corrected chi connectivity index (χ3v) is 4.08. The van der Waals surface area contributed by atoms with E-state index in [2.05, 4.69) is 52.8 Å². The number of aliphatic hydroxyl groups is 1. The maximum atomic E-state index is 9.32. The van der Waals surface area contributed by atoms with Crippen LogP contribution in [0, 0.1) is 0 Å². The summed E-state index contributed by atoms with van der Waals surface area (Å²) >= 11 is 0. The van der Waals surface area contributed by atoms with Gasteiger partial charge in [0.2, 0.25) is 0 Å². The summed E-state index contributed by atoms with van der Waals surface area (Å²) in [4.78, 5) is 6.65. The zero-order valence-electron chi connectivity index (χ0n) is 13.7. The zero-order chi connectivity index (χ0) is 16.2. The molecule has 3 aromatic rings. The van der Waals surface area contributed by atoms with Gasteiger partial charge in [0.05, 0.1) is 17.6 Å². The van der Waals surface area contributed by atoms with Crippen molar-refractivity contribution in [3.8, 4) is 5.69 Å². The highest BCUT2D eigenvalue weighted by Gasteiger charge is 2.06. The van der Waals surface area contributed by atoms with E-state index in [-0.39, 0.29) is 6.61 Å². The van der Waals surface area contributed by atoms with Crippen molar-refractivity contribution in [2.75, 3.05) is 20.6 Å². The lowest BCUT2D eigenvalue weighted by Gasteiger charge is -2.10. The Morgan fingerprint density at radius 1 is 1.04 bits per heavy atom. The second kappa shape index (κ2) is 6.94. The highest BCUT2D eigenvalue weighted by Crippen LogP contribution is 2.20. The minimum absolute atomic E-state index is 0.0476. The van der Waals surface area contributed by atoms with E-state index in [1.54, 1.807) is 0 Å². The van der Waals surface area contributed by atoms with Crippen molar-refractivity contribution < 1.29 is 5.11 Å². The molecule has 0 amide bonds. The fraction of sp³-hybridized carbons (Fsp3) is 0.316. The molecule has 0 aliphatic heterocycles.